The highest BCUT2D eigenvalue weighted by Gasteiger charge is 2.26. The van der Waals surface area contributed by atoms with Crippen molar-refractivity contribution >= 4 is 38.8 Å². The van der Waals surface area contributed by atoms with E-state index >= 15 is 0 Å². The number of benzene rings is 1. The Morgan fingerprint density at radius 1 is 1.08 bits per heavy atom. The van der Waals surface area contributed by atoms with Gasteiger partial charge in [-0.3, -0.25) is 35.2 Å². The molecule has 0 saturated heterocycles. The quantitative estimate of drug-likeness (QED) is 0.162. The number of fused-ring (bicyclic) bond motifs is 3. The SMILES string of the molecule is CCCCCCCCCc1nc2sc3c(c2c(=O)n1NC(=O)c1cc([N+](=O)[O-])cc([N+](=O)[O-])c1)C[C@@H](C)CC3. The number of nitrogens with one attached hydrogen (secondary N) is 1. The summed E-state index contributed by atoms with van der Waals surface area (Å²) in [5.74, 6) is -0.0279. The largest absolute Gasteiger partial charge is 0.281 e. The number of hydrogen-bond donors (Lipinski definition) is 1. The molecule has 0 saturated carbocycles. The molecule has 39 heavy (non-hydrogen) atoms. The normalized spacial score (nSPS) is 14.8. The number of unbranched alkanes of at least 4 members (excludes halogenated alkanes) is 6. The molecule has 208 valence electrons. The summed E-state index contributed by atoms with van der Waals surface area (Å²) in [7, 11) is 0. The summed E-state index contributed by atoms with van der Waals surface area (Å²) < 4.78 is 1.14. The second-order valence-corrected chi connectivity index (χ2v) is 11.3. The Morgan fingerprint density at radius 3 is 2.36 bits per heavy atom. The van der Waals surface area contributed by atoms with Crippen molar-refractivity contribution in [1.82, 2.24) is 9.66 Å². The van der Waals surface area contributed by atoms with E-state index in [0.29, 0.717) is 28.4 Å². The summed E-state index contributed by atoms with van der Waals surface area (Å²) in [6.45, 7) is 4.31. The maximum atomic E-state index is 13.8. The molecule has 0 aliphatic heterocycles. The standard InChI is InChI=1S/C27H33N5O6S/c1-3-4-5-6-7-8-9-10-23-28-26-24(21-13-17(2)11-12-22(21)39-26)27(34)30(23)29-25(33)18-14-19(31(35)36)16-20(15-18)32(37)38/h14-17H,3-13H2,1-2H3,(H,29,33)/t17-/m0/s1. The predicted molar refractivity (Wildman–Crippen MR) is 150 cm³/mol. The van der Waals surface area contributed by atoms with Gasteiger partial charge in [-0.25, -0.2) is 9.66 Å². The van der Waals surface area contributed by atoms with Crippen LogP contribution in [0.4, 0.5) is 11.4 Å². The molecule has 0 unspecified atom stereocenters. The Bertz CT molecular complexity index is 1430. The Kier molecular flexibility index (Phi) is 9.05. The zero-order valence-electron chi connectivity index (χ0n) is 22.2. The van der Waals surface area contributed by atoms with Crippen molar-refractivity contribution in [2.75, 3.05) is 5.43 Å². The van der Waals surface area contributed by atoms with Crippen LogP contribution in [0.5, 0.6) is 0 Å². The van der Waals surface area contributed by atoms with Crippen molar-refractivity contribution in [1.29, 1.82) is 0 Å². The molecule has 3 aromatic rings. The summed E-state index contributed by atoms with van der Waals surface area (Å²) in [5, 5.41) is 23.1. The molecular weight excluding hydrogens is 522 g/mol. The molecule has 0 fully saturated rings. The smallest absolute Gasteiger partial charge is 0.267 e. The van der Waals surface area contributed by atoms with Crippen molar-refractivity contribution < 1.29 is 14.6 Å². The lowest BCUT2D eigenvalue weighted by Crippen LogP contribution is -2.36. The molecular formula is C27H33N5O6S. The van der Waals surface area contributed by atoms with Gasteiger partial charge >= 0.3 is 0 Å². The van der Waals surface area contributed by atoms with Crippen molar-refractivity contribution in [3.63, 3.8) is 0 Å². The zero-order chi connectivity index (χ0) is 28.1. The van der Waals surface area contributed by atoms with E-state index in [1.165, 1.54) is 30.6 Å². The lowest BCUT2D eigenvalue weighted by molar-refractivity contribution is -0.394. The molecule has 0 spiro atoms. The van der Waals surface area contributed by atoms with Crippen molar-refractivity contribution in [3.05, 3.63) is 70.6 Å². The second kappa shape index (κ2) is 12.5. The number of nitrogens with zero attached hydrogens (tertiary/aromatic N) is 4. The molecule has 1 aliphatic carbocycles. The monoisotopic (exact) mass is 555 g/mol. The van der Waals surface area contributed by atoms with Gasteiger partial charge in [0.1, 0.15) is 10.7 Å². The number of carbonyl (C=O) groups excluding carboxylic acids is 1. The maximum Gasteiger partial charge on any atom is 0.281 e. The van der Waals surface area contributed by atoms with E-state index in [1.54, 1.807) is 0 Å². The van der Waals surface area contributed by atoms with Crippen molar-refractivity contribution in [2.45, 2.75) is 84.5 Å². The van der Waals surface area contributed by atoms with E-state index in [4.69, 9.17) is 4.98 Å². The molecule has 4 rings (SSSR count). The summed E-state index contributed by atoms with van der Waals surface area (Å²) in [4.78, 5) is 54.7. The maximum absolute atomic E-state index is 13.8. The van der Waals surface area contributed by atoms with Crippen LogP contribution in [0.2, 0.25) is 0 Å². The van der Waals surface area contributed by atoms with Gasteiger partial charge in [-0.15, -0.1) is 11.3 Å². The highest BCUT2D eigenvalue weighted by Crippen LogP contribution is 2.36. The third-order valence-corrected chi connectivity index (χ3v) is 8.38. The van der Waals surface area contributed by atoms with Crippen LogP contribution in [0.1, 0.15) is 91.8 Å². The van der Waals surface area contributed by atoms with E-state index in [0.717, 1.165) is 78.3 Å². The van der Waals surface area contributed by atoms with Gasteiger partial charge in [-0.1, -0.05) is 52.4 Å². The van der Waals surface area contributed by atoms with Gasteiger partial charge in [0.05, 0.1) is 26.9 Å². The molecule has 1 aliphatic rings. The molecule has 1 atom stereocenters. The van der Waals surface area contributed by atoms with E-state index < -0.39 is 32.7 Å². The van der Waals surface area contributed by atoms with E-state index in [-0.39, 0.29) is 5.56 Å². The minimum atomic E-state index is -0.858. The van der Waals surface area contributed by atoms with Crippen LogP contribution < -0.4 is 11.0 Å². The van der Waals surface area contributed by atoms with Crippen LogP contribution in [0, 0.1) is 26.1 Å². The first kappa shape index (κ1) is 28.3. The number of non-ortho nitro benzene ring substituents is 2. The number of carbonyl (C=O) groups is 1. The zero-order valence-corrected chi connectivity index (χ0v) is 23.1. The summed E-state index contributed by atoms with van der Waals surface area (Å²) >= 11 is 1.53. The highest BCUT2D eigenvalue weighted by molar-refractivity contribution is 7.18. The van der Waals surface area contributed by atoms with Gasteiger partial charge in [0.15, 0.2) is 0 Å². The second-order valence-electron chi connectivity index (χ2n) is 10.3. The molecule has 0 radical (unpaired) electrons. The fourth-order valence-electron chi connectivity index (χ4n) is 5.07. The lowest BCUT2D eigenvalue weighted by Gasteiger charge is -2.18. The molecule has 2 aromatic heterocycles. The molecule has 2 heterocycles. The Hall–Kier alpha value is -3.67. The Balaban J connectivity index is 1.69. The number of thiophene rings is 1. The van der Waals surface area contributed by atoms with E-state index in [2.05, 4.69) is 19.3 Å². The van der Waals surface area contributed by atoms with Crippen LogP contribution in [0.3, 0.4) is 0 Å². The highest BCUT2D eigenvalue weighted by atomic mass is 32.1. The summed E-state index contributed by atoms with van der Waals surface area (Å²) in [6.07, 6.45) is 10.7. The van der Waals surface area contributed by atoms with Gasteiger partial charge < -0.3 is 0 Å². The van der Waals surface area contributed by atoms with E-state index in [1.807, 2.05) is 0 Å². The van der Waals surface area contributed by atoms with Crippen molar-refractivity contribution in [2.24, 2.45) is 5.92 Å². The van der Waals surface area contributed by atoms with E-state index in [9.17, 15) is 29.8 Å². The number of rotatable bonds is 12. The van der Waals surface area contributed by atoms with Crippen molar-refractivity contribution in [3.8, 4) is 0 Å². The topological polar surface area (TPSA) is 150 Å². The fraction of sp³-hybridized carbons (Fsp3) is 0.519. The average Bonchev–Trinajstić information content (AvgIpc) is 3.27. The first-order valence-electron chi connectivity index (χ1n) is 13.5. The fourth-order valence-corrected chi connectivity index (χ4v) is 6.29. The molecule has 0 bridgehead atoms. The molecule has 1 amide bonds. The van der Waals surface area contributed by atoms with Crippen LogP contribution in [0.25, 0.3) is 10.2 Å². The summed E-state index contributed by atoms with van der Waals surface area (Å²) in [6, 6.07) is 2.72. The third-order valence-electron chi connectivity index (χ3n) is 7.20. The van der Waals surface area contributed by atoms with Crippen LogP contribution in [0.15, 0.2) is 23.0 Å². The number of nitro groups is 2. The molecule has 12 heteroatoms. The lowest BCUT2D eigenvalue weighted by atomic mass is 9.89. The number of hydrogen-bond acceptors (Lipinski definition) is 8. The minimum Gasteiger partial charge on any atom is -0.267 e. The average molecular weight is 556 g/mol. The van der Waals surface area contributed by atoms with Crippen LogP contribution in [-0.4, -0.2) is 25.4 Å². The number of nitro benzene ring substituents is 2. The number of aromatic nitrogens is 2. The first-order valence-corrected chi connectivity index (χ1v) is 14.3. The van der Waals surface area contributed by atoms with Gasteiger partial charge in [-0.2, -0.15) is 0 Å². The summed E-state index contributed by atoms with van der Waals surface area (Å²) in [5.41, 5.74) is 1.69. The van der Waals surface area contributed by atoms with Gasteiger partial charge in [0.2, 0.25) is 0 Å². The molecule has 1 aromatic carbocycles. The minimum absolute atomic E-state index is 0.286. The van der Waals surface area contributed by atoms with Gasteiger partial charge in [0.25, 0.3) is 22.8 Å². The first-order chi connectivity index (χ1) is 18.7. The van der Waals surface area contributed by atoms with Crippen LogP contribution >= 0.6 is 11.3 Å². The Morgan fingerprint density at radius 2 is 1.72 bits per heavy atom. The molecule has 1 N–H and O–H groups in total. The number of aryl methyl sites for hydroxylation is 2. The van der Waals surface area contributed by atoms with Gasteiger partial charge in [-0.05, 0) is 37.2 Å². The number of amides is 1. The predicted octanol–water partition coefficient (Wildman–Crippen LogP) is 6.08. The molecule has 11 nitrogen and oxygen atoms in total. The van der Waals surface area contributed by atoms with Gasteiger partial charge in [0, 0.05) is 23.4 Å². The Labute approximate surface area is 229 Å². The third kappa shape index (κ3) is 6.49. The van der Waals surface area contributed by atoms with Crippen LogP contribution in [-0.2, 0) is 19.3 Å².